The summed E-state index contributed by atoms with van der Waals surface area (Å²) in [5.41, 5.74) is -0.0296. The van der Waals surface area contributed by atoms with E-state index in [1.54, 1.807) is 0 Å². The molecule has 0 aromatic carbocycles. The van der Waals surface area contributed by atoms with Gasteiger partial charge in [0.15, 0.2) is 0 Å². The molecular formula is C7H2BrClF3NO2. The van der Waals surface area contributed by atoms with E-state index in [0.717, 1.165) is 12.3 Å². The van der Waals surface area contributed by atoms with Crippen molar-refractivity contribution < 1.29 is 22.7 Å². The van der Waals surface area contributed by atoms with Crippen LogP contribution in [0.1, 0.15) is 10.4 Å². The molecule has 0 radical (unpaired) electrons. The molecule has 15 heavy (non-hydrogen) atoms. The molecule has 0 N–H and O–H groups in total. The van der Waals surface area contributed by atoms with E-state index in [4.69, 9.17) is 11.6 Å². The molecule has 0 atom stereocenters. The molecule has 1 aromatic rings. The zero-order chi connectivity index (χ0) is 11.6. The van der Waals surface area contributed by atoms with Gasteiger partial charge in [-0.3, -0.25) is 4.79 Å². The van der Waals surface area contributed by atoms with Crippen molar-refractivity contribution in [3.05, 3.63) is 22.3 Å². The molecule has 0 saturated heterocycles. The summed E-state index contributed by atoms with van der Waals surface area (Å²) < 4.78 is 38.9. The maximum absolute atomic E-state index is 11.8. The number of pyridine rings is 1. The van der Waals surface area contributed by atoms with Gasteiger partial charge in [0.25, 0.3) is 5.24 Å². The summed E-state index contributed by atoms with van der Waals surface area (Å²) in [4.78, 5) is 13.9. The van der Waals surface area contributed by atoms with E-state index in [-0.39, 0.29) is 10.0 Å². The number of rotatable bonds is 2. The molecule has 8 heteroatoms. The summed E-state index contributed by atoms with van der Waals surface area (Å²) in [6.45, 7) is 0. The molecule has 0 fully saturated rings. The van der Waals surface area contributed by atoms with Gasteiger partial charge in [0.1, 0.15) is 0 Å². The fraction of sp³-hybridized carbons (Fsp3) is 0.143. The molecule has 0 amide bonds. The van der Waals surface area contributed by atoms with Crippen molar-refractivity contribution in [2.45, 2.75) is 6.36 Å². The Morgan fingerprint density at radius 3 is 2.53 bits per heavy atom. The molecule has 1 heterocycles. The number of ether oxygens (including phenoxy) is 1. The number of hydrogen-bond donors (Lipinski definition) is 0. The number of aromatic nitrogens is 1. The zero-order valence-corrected chi connectivity index (χ0v) is 9.15. The van der Waals surface area contributed by atoms with Crippen LogP contribution >= 0.6 is 27.5 Å². The Morgan fingerprint density at radius 2 is 2.13 bits per heavy atom. The smallest absolute Gasteiger partial charge is 0.387 e. The first-order valence-electron chi connectivity index (χ1n) is 3.41. The molecule has 0 saturated carbocycles. The Balaban J connectivity index is 2.99. The molecule has 0 aliphatic heterocycles. The summed E-state index contributed by atoms with van der Waals surface area (Å²) >= 11 is 7.87. The average molecular weight is 304 g/mol. The molecule has 1 rings (SSSR count). The Hall–Kier alpha value is -0.820. The topological polar surface area (TPSA) is 39.2 Å². The minimum atomic E-state index is -4.83. The van der Waals surface area contributed by atoms with Crippen molar-refractivity contribution in [3.8, 4) is 5.88 Å². The minimum absolute atomic E-state index is 0.0296. The average Bonchev–Trinajstić information content (AvgIpc) is 2.05. The van der Waals surface area contributed by atoms with Crippen LogP contribution in [0.25, 0.3) is 0 Å². The predicted molar refractivity (Wildman–Crippen MR) is 48.8 cm³/mol. The largest absolute Gasteiger partial charge is 0.574 e. The maximum atomic E-state index is 11.8. The first-order chi connectivity index (χ1) is 6.79. The van der Waals surface area contributed by atoms with Gasteiger partial charge < -0.3 is 4.74 Å². The third-order valence-corrected chi connectivity index (χ3v) is 2.03. The van der Waals surface area contributed by atoms with Crippen LogP contribution in [0.3, 0.4) is 0 Å². The van der Waals surface area contributed by atoms with Crippen LogP contribution in [0.4, 0.5) is 13.2 Å². The summed E-state index contributed by atoms with van der Waals surface area (Å²) in [7, 11) is 0. The van der Waals surface area contributed by atoms with Crippen LogP contribution in [0.15, 0.2) is 16.7 Å². The lowest BCUT2D eigenvalue weighted by Gasteiger charge is -2.09. The van der Waals surface area contributed by atoms with E-state index in [9.17, 15) is 18.0 Å². The third kappa shape index (κ3) is 3.67. The van der Waals surface area contributed by atoms with E-state index in [1.165, 1.54) is 0 Å². The van der Waals surface area contributed by atoms with Gasteiger partial charge in [0.2, 0.25) is 5.88 Å². The van der Waals surface area contributed by atoms with Gasteiger partial charge in [0, 0.05) is 6.20 Å². The first-order valence-corrected chi connectivity index (χ1v) is 4.58. The summed E-state index contributed by atoms with van der Waals surface area (Å²) in [6.07, 6.45) is -3.94. The number of alkyl halides is 3. The highest BCUT2D eigenvalue weighted by Crippen LogP contribution is 2.28. The molecule has 0 unspecified atom stereocenters. The number of hydrogen-bond acceptors (Lipinski definition) is 3. The molecule has 0 aliphatic rings. The van der Waals surface area contributed by atoms with Gasteiger partial charge in [-0.2, -0.15) is 0 Å². The second-order valence-electron chi connectivity index (χ2n) is 2.33. The summed E-state index contributed by atoms with van der Waals surface area (Å²) in [5, 5.41) is -0.818. The predicted octanol–water partition coefficient (Wildman–Crippen LogP) is 3.12. The van der Waals surface area contributed by atoms with Gasteiger partial charge in [-0.1, -0.05) is 0 Å². The minimum Gasteiger partial charge on any atom is -0.387 e. The van der Waals surface area contributed by atoms with Crippen molar-refractivity contribution in [2.24, 2.45) is 0 Å². The summed E-state index contributed by atoms with van der Waals surface area (Å²) in [6, 6.07) is 1.09. The lowest BCUT2D eigenvalue weighted by Crippen LogP contribution is -2.18. The molecule has 1 aromatic heterocycles. The highest BCUT2D eigenvalue weighted by atomic mass is 79.9. The maximum Gasteiger partial charge on any atom is 0.574 e. The Kier molecular flexibility index (Phi) is 3.56. The van der Waals surface area contributed by atoms with E-state index >= 15 is 0 Å². The van der Waals surface area contributed by atoms with Crippen LogP contribution in [0, 0.1) is 0 Å². The lowest BCUT2D eigenvalue weighted by atomic mass is 10.3. The number of halogens is 5. The molecular weight excluding hydrogens is 302 g/mol. The molecule has 0 aliphatic carbocycles. The zero-order valence-electron chi connectivity index (χ0n) is 6.81. The Bertz CT molecular complexity index is 396. The highest BCUT2D eigenvalue weighted by molar-refractivity contribution is 9.10. The molecule has 82 valence electrons. The highest BCUT2D eigenvalue weighted by Gasteiger charge is 2.32. The molecule has 0 spiro atoms. The Morgan fingerprint density at radius 1 is 1.53 bits per heavy atom. The molecule has 0 bridgehead atoms. The fourth-order valence-electron chi connectivity index (χ4n) is 0.718. The number of carbonyl (C=O) groups is 1. The van der Waals surface area contributed by atoms with Crippen molar-refractivity contribution >= 4 is 32.8 Å². The summed E-state index contributed by atoms with van der Waals surface area (Å²) in [5.74, 6) is -0.677. The van der Waals surface area contributed by atoms with Crippen molar-refractivity contribution in [3.63, 3.8) is 0 Å². The fourth-order valence-corrected chi connectivity index (χ4v) is 1.25. The van der Waals surface area contributed by atoms with Gasteiger partial charge in [-0.05, 0) is 33.6 Å². The second-order valence-corrected chi connectivity index (χ2v) is 3.53. The normalized spacial score (nSPS) is 11.3. The van der Waals surface area contributed by atoms with Crippen molar-refractivity contribution in [1.29, 1.82) is 0 Å². The quantitative estimate of drug-likeness (QED) is 0.788. The Labute approximate surface area is 95.3 Å². The first kappa shape index (κ1) is 12.3. The van der Waals surface area contributed by atoms with E-state index in [1.807, 2.05) is 0 Å². The number of carbonyl (C=O) groups excluding carboxylic acids is 1. The monoisotopic (exact) mass is 303 g/mol. The van der Waals surface area contributed by atoms with Crippen LogP contribution in [0.2, 0.25) is 0 Å². The second kappa shape index (κ2) is 4.36. The van der Waals surface area contributed by atoms with Crippen LogP contribution in [-0.2, 0) is 0 Å². The molecule has 3 nitrogen and oxygen atoms in total. The van der Waals surface area contributed by atoms with Crippen LogP contribution in [0.5, 0.6) is 5.88 Å². The van der Waals surface area contributed by atoms with Crippen LogP contribution < -0.4 is 4.74 Å². The van der Waals surface area contributed by atoms with E-state index in [0.29, 0.717) is 0 Å². The third-order valence-electron chi connectivity index (χ3n) is 1.25. The van der Waals surface area contributed by atoms with E-state index < -0.39 is 17.5 Å². The number of nitrogens with zero attached hydrogens (tertiary/aromatic N) is 1. The van der Waals surface area contributed by atoms with E-state index in [2.05, 4.69) is 25.7 Å². The lowest BCUT2D eigenvalue weighted by molar-refractivity contribution is -0.276. The SMILES string of the molecule is O=C(Cl)c1cnc(OC(F)(F)F)c(Br)c1. The van der Waals surface area contributed by atoms with Gasteiger partial charge >= 0.3 is 6.36 Å². The van der Waals surface area contributed by atoms with Gasteiger partial charge in [-0.25, -0.2) is 4.98 Å². The van der Waals surface area contributed by atoms with Crippen LogP contribution in [-0.4, -0.2) is 16.6 Å². The van der Waals surface area contributed by atoms with Crippen molar-refractivity contribution in [2.75, 3.05) is 0 Å². The standard InChI is InChI=1S/C7H2BrClF3NO2/c8-4-1-3(5(9)14)2-13-6(4)15-7(10,11)12/h1-2H. The van der Waals surface area contributed by atoms with Gasteiger partial charge in [0.05, 0.1) is 10.0 Å². The van der Waals surface area contributed by atoms with Crippen molar-refractivity contribution in [1.82, 2.24) is 4.98 Å². The van der Waals surface area contributed by atoms with Gasteiger partial charge in [-0.15, -0.1) is 13.2 Å².